The zero-order chi connectivity index (χ0) is 8.01. The summed E-state index contributed by atoms with van der Waals surface area (Å²) in [5.74, 6) is -0.298. The first kappa shape index (κ1) is 6.38. The monoisotopic (exact) mass is 158 g/mol. The smallest absolute Gasteiger partial charge is 0.321 e. The molecular formula is C4H6N4O3. The maximum Gasteiger partial charge on any atom is 0.321 e. The van der Waals surface area contributed by atoms with Crippen molar-refractivity contribution in [2.75, 3.05) is 6.61 Å². The topological polar surface area (TPSA) is 91.4 Å². The lowest BCUT2D eigenvalue weighted by atomic mass is 10.6. The Morgan fingerprint density at radius 3 is 3.18 bits per heavy atom. The van der Waals surface area contributed by atoms with Crippen molar-refractivity contribution in [3.8, 4) is 0 Å². The van der Waals surface area contributed by atoms with Gasteiger partial charge in [-0.2, -0.15) is 0 Å². The number of amides is 1. The second-order valence-electron chi connectivity index (χ2n) is 2.17. The third-order valence-electron chi connectivity index (χ3n) is 1.49. The van der Waals surface area contributed by atoms with Crippen LogP contribution in [0.25, 0.3) is 0 Å². The maximum atomic E-state index is 10.9. The lowest BCUT2D eigenvalue weighted by Crippen LogP contribution is -2.48. The van der Waals surface area contributed by atoms with Crippen molar-refractivity contribution in [3.05, 3.63) is 0 Å². The molecule has 1 atom stereocenters. The molecule has 1 unspecified atom stereocenters. The summed E-state index contributed by atoms with van der Waals surface area (Å²) in [6, 6.07) is 0.0602. The Morgan fingerprint density at radius 2 is 2.55 bits per heavy atom. The van der Waals surface area contributed by atoms with Gasteiger partial charge in [-0.15, -0.1) is 5.17 Å². The van der Waals surface area contributed by atoms with E-state index in [9.17, 15) is 4.79 Å². The molecule has 7 heteroatoms. The molecule has 1 saturated heterocycles. The molecule has 2 heterocycles. The number of carbonyl (C=O) groups excluding carboxylic acids is 1. The fourth-order valence-electron chi connectivity index (χ4n) is 0.960. The highest BCUT2D eigenvalue weighted by molar-refractivity contribution is 6.00. The van der Waals surface area contributed by atoms with E-state index in [-0.39, 0.29) is 18.5 Å². The molecule has 0 radical (unpaired) electrons. The molecule has 1 fully saturated rings. The minimum Gasteiger partial charge on any atom is -0.453 e. The molecule has 0 aromatic carbocycles. The first-order valence-corrected chi connectivity index (χ1v) is 2.97. The number of fused-ring (bicyclic) bond motifs is 1. The summed E-state index contributed by atoms with van der Waals surface area (Å²) in [7, 11) is 0. The van der Waals surface area contributed by atoms with Crippen molar-refractivity contribution < 1.29 is 14.7 Å². The van der Waals surface area contributed by atoms with E-state index in [4.69, 9.17) is 15.7 Å². The van der Waals surface area contributed by atoms with Crippen molar-refractivity contribution >= 4 is 11.9 Å². The summed E-state index contributed by atoms with van der Waals surface area (Å²) in [4.78, 5) is 12.0. The molecule has 0 bridgehead atoms. The van der Waals surface area contributed by atoms with Gasteiger partial charge in [-0.25, -0.2) is 4.90 Å². The van der Waals surface area contributed by atoms with Gasteiger partial charge in [0, 0.05) is 0 Å². The predicted octanol–water partition coefficient (Wildman–Crippen LogP) is -1.94. The second-order valence-corrected chi connectivity index (χ2v) is 2.17. The molecule has 0 aromatic heterocycles. The molecule has 7 nitrogen and oxygen atoms in total. The molecule has 2 rings (SSSR count). The van der Waals surface area contributed by atoms with E-state index in [2.05, 4.69) is 5.10 Å². The van der Waals surface area contributed by atoms with Crippen LogP contribution >= 0.6 is 0 Å². The highest BCUT2D eigenvalue weighted by Crippen LogP contribution is 2.16. The number of hydrogen-bond acceptors (Lipinski definition) is 6. The van der Waals surface area contributed by atoms with Gasteiger partial charge in [0.15, 0.2) is 6.61 Å². The number of nitrogens with two attached hydrogens (primary N) is 1. The first-order chi connectivity index (χ1) is 5.20. The van der Waals surface area contributed by atoms with Crippen LogP contribution in [0.15, 0.2) is 5.10 Å². The fraction of sp³-hybridized carbons (Fsp3) is 0.500. The summed E-state index contributed by atoms with van der Waals surface area (Å²) in [6.07, 6.45) is -0.944. The number of rotatable bonds is 0. The molecule has 0 saturated carbocycles. The van der Waals surface area contributed by atoms with Gasteiger partial charge in [0.1, 0.15) is 0 Å². The number of hydrazone groups is 1. The molecular weight excluding hydrogens is 152 g/mol. The van der Waals surface area contributed by atoms with Crippen LogP contribution in [0.5, 0.6) is 0 Å². The van der Waals surface area contributed by atoms with Crippen LogP contribution in [0.3, 0.4) is 0 Å². The van der Waals surface area contributed by atoms with E-state index in [1.54, 1.807) is 0 Å². The van der Waals surface area contributed by atoms with Crippen LogP contribution in [0.2, 0.25) is 0 Å². The summed E-state index contributed by atoms with van der Waals surface area (Å²) in [6.45, 7) is -0.0552. The highest BCUT2D eigenvalue weighted by Gasteiger charge is 2.42. The molecule has 2 aliphatic heterocycles. The van der Waals surface area contributed by atoms with Crippen LogP contribution < -0.4 is 5.73 Å². The zero-order valence-electron chi connectivity index (χ0n) is 5.47. The third kappa shape index (κ3) is 0.686. The zero-order valence-corrected chi connectivity index (χ0v) is 5.47. The van der Waals surface area contributed by atoms with Crippen molar-refractivity contribution in [1.29, 1.82) is 0 Å². The maximum absolute atomic E-state index is 10.9. The Balaban J connectivity index is 2.31. The Labute approximate surface area is 61.6 Å². The van der Waals surface area contributed by atoms with E-state index in [1.807, 2.05) is 0 Å². The summed E-state index contributed by atoms with van der Waals surface area (Å²) in [5, 5.41) is 12.8. The van der Waals surface area contributed by atoms with Gasteiger partial charge in [0.25, 0.3) is 5.91 Å². The predicted molar refractivity (Wildman–Crippen MR) is 31.8 cm³/mol. The van der Waals surface area contributed by atoms with Gasteiger partial charge in [0.05, 0.1) is 0 Å². The SMILES string of the molecule is NC1N(O)N=C2OCC(=O)N21. The quantitative estimate of drug-likeness (QED) is 0.428. The molecule has 0 spiro atoms. The van der Waals surface area contributed by atoms with Crippen LogP contribution in [0.1, 0.15) is 0 Å². The molecule has 0 aliphatic carbocycles. The number of ether oxygens (including phenoxy) is 1. The number of nitrogens with zero attached hydrogens (tertiary/aromatic N) is 3. The fourth-order valence-corrected chi connectivity index (χ4v) is 0.960. The second kappa shape index (κ2) is 1.83. The summed E-state index contributed by atoms with van der Waals surface area (Å²) >= 11 is 0. The van der Waals surface area contributed by atoms with E-state index in [1.165, 1.54) is 0 Å². The van der Waals surface area contributed by atoms with Gasteiger partial charge in [-0.05, 0) is 0 Å². The van der Waals surface area contributed by atoms with Crippen molar-refractivity contribution in [2.24, 2.45) is 10.8 Å². The summed E-state index contributed by atoms with van der Waals surface area (Å²) < 4.78 is 4.77. The van der Waals surface area contributed by atoms with Crippen LogP contribution in [-0.2, 0) is 9.53 Å². The molecule has 2 aliphatic rings. The Kier molecular flexibility index (Phi) is 1.06. The molecule has 60 valence electrons. The molecule has 11 heavy (non-hydrogen) atoms. The molecule has 3 N–H and O–H groups in total. The number of amidine groups is 1. The van der Waals surface area contributed by atoms with Gasteiger partial charge < -0.3 is 4.74 Å². The van der Waals surface area contributed by atoms with Gasteiger partial charge in [0.2, 0.25) is 6.29 Å². The van der Waals surface area contributed by atoms with Crippen LogP contribution in [0.4, 0.5) is 0 Å². The number of carbonyl (C=O) groups is 1. The molecule has 1 amide bonds. The van der Waals surface area contributed by atoms with E-state index in [0.717, 1.165) is 4.90 Å². The van der Waals surface area contributed by atoms with Gasteiger partial charge in [-0.3, -0.25) is 15.7 Å². The van der Waals surface area contributed by atoms with E-state index >= 15 is 0 Å². The average Bonchev–Trinajstić information content (AvgIpc) is 2.41. The van der Waals surface area contributed by atoms with Crippen molar-refractivity contribution in [3.63, 3.8) is 0 Å². The van der Waals surface area contributed by atoms with Gasteiger partial charge >= 0.3 is 6.02 Å². The summed E-state index contributed by atoms with van der Waals surface area (Å²) in [5.41, 5.74) is 5.34. The minimum atomic E-state index is -0.944. The van der Waals surface area contributed by atoms with Crippen molar-refractivity contribution in [1.82, 2.24) is 10.1 Å². The van der Waals surface area contributed by atoms with E-state index in [0.29, 0.717) is 5.17 Å². The number of hydroxylamine groups is 1. The third-order valence-corrected chi connectivity index (χ3v) is 1.49. The van der Waals surface area contributed by atoms with Crippen LogP contribution in [0, 0.1) is 0 Å². The Bertz CT molecular complexity index is 239. The lowest BCUT2D eigenvalue weighted by Gasteiger charge is -2.16. The Morgan fingerprint density at radius 1 is 1.82 bits per heavy atom. The van der Waals surface area contributed by atoms with Crippen LogP contribution in [-0.4, -0.2) is 40.1 Å². The van der Waals surface area contributed by atoms with Crippen molar-refractivity contribution in [2.45, 2.75) is 6.29 Å². The lowest BCUT2D eigenvalue weighted by molar-refractivity contribution is -0.155. The standard InChI is InChI=1S/C4H6N4O3/c5-3-7-2(9)1-11-4(7)6-8(3)10/h3,10H,1,5H2. The average molecular weight is 158 g/mol. The highest BCUT2D eigenvalue weighted by atomic mass is 16.6. The van der Waals surface area contributed by atoms with Gasteiger partial charge in [-0.1, -0.05) is 5.10 Å². The Hall–Kier alpha value is -1.34. The number of hydrogen-bond donors (Lipinski definition) is 2. The van der Waals surface area contributed by atoms with E-state index < -0.39 is 6.29 Å². The normalized spacial score (nSPS) is 28.7. The first-order valence-electron chi connectivity index (χ1n) is 2.97. The molecule has 0 aromatic rings. The minimum absolute atomic E-state index is 0.0552. The largest absolute Gasteiger partial charge is 0.453 e.